The van der Waals surface area contributed by atoms with Crippen LogP contribution in [0, 0.1) is 5.92 Å². The molecule has 1 aromatic rings. The van der Waals surface area contributed by atoms with Gasteiger partial charge in [0.05, 0.1) is 11.4 Å². The summed E-state index contributed by atoms with van der Waals surface area (Å²) in [4.78, 5) is 36.5. The van der Waals surface area contributed by atoms with Gasteiger partial charge in [0.15, 0.2) is 0 Å². The number of carboxylic acid groups (broad SMARTS) is 1. The van der Waals surface area contributed by atoms with Crippen molar-refractivity contribution in [3.05, 3.63) is 24.3 Å². The zero-order chi connectivity index (χ0) is 16.3. The number of nitrogens with one attached hydrogen (secondary N) is 2. The standard InChI is InChI=1S/C15H19N3O4/c1-9(2)13-14(21)17-10-5-3-4-6-11(10)18(13)15(22)16-8-7-12(19)20/h3-6,9,13H,7-8H2,1-2H3,(H,16,22)(H,17,21)(H,19,20)/p-1/t13-/m0/s1. The molecule has 0 fully saturated rings. The number of hydrogen-bond donors (Lipinski definition) is 2. The highest BCUT2D eigenvalue weighted by atomic mass is 16.4. The Morgan fingerprint density at radius 1 is 1.36 bits per heavy atom. The topological polar surface area (TPSA) is 102 Å². The van der Waals surface area contributed by atoms with Crippen molar-refractivity contribution in [1.82, 2.24) is 5.32 Å². The number of benzene rings is 1. The molecule has 0 saturated carbocycles. The van der Waals surface area contributed by atoms with E-state index in [0.29, 0.717) is 11.4 Å². The minimum Gasteiger partial charge on any atom is -0.550 e. The van der Waals surface area contributed by atoms with Gasteiger partial charge in [-0.3, -0.25) is 9.69 Å². The normalized spacial score (nSPS) is 17.0. The second-order valence-corrected chi connectivity index (χ2v) is 5.42. The van der Waals surface area contributed by atoms with Crippen LogP contribution in [0.3, 0.4) is 0 Å². The highest BCUT2D eigenvalue weighted by molar-refractivity contribution is 6.11. The SMILES string of the molecule is CC(C)[C@H]1C(=O)Nc2ccccc2N1C(=O)NCCC(=O)[O-]. The third-order valence-corrected chi connectivity index (χ3v) is 3.42. The van der Waals surface area contributed by atoms with Crippen LogP contribution in [0.25, 0.3) is 0 Å². The summed E-state index contributed by atoms with van der Waals surface area (Å²) in [6.45, 7) is 3.64. The first-order valence-corrected chi connectivity index (χ1v) is 7.08. The zero-order valence-electron chi connectivity index (χ0n) is 12.5. The molecule has 2 N–H and O–H groups in total. The number of anilines is 2. The molecule has 0 aliphatic carbocycles. The summed E-state index contributed by atoms with van der Waals surface area (Å²) in [5.41, 5.74) is 1.14. The zero-order valence-corrected chi connectivity index (χ0v) is 12.5. The molecule has 0 unspecified atom stereocenters. The molecule has 118 valence electrons. The average molecular weight is 304 g/mol. The Morgan fingerprint density at radius 3 is 2.68 bits per heavy atom. The number of carbonyl (C=O) groups excluding carboxylic acids is 3. The van der Waals surface area contributed by atoms with Crippen LogP contribution in [0.2, 0.25) is 0 Å². The fraction of sp³-hybridized carbons (Fsp3) is 0.400. The Hall–Kier alpha value is -2.57. The number of nitrogens with zero attached hydrogens (tertiary/aromatic N) is 1. The van der Waals surface area contributed by atoms with Crippen LogP contribution in [0.1, 0.15) is 20.3 Å². The van der Waals surface area contributed by atoms with Gasteiger partial charge >= 0.3 is 6.03 Å². The molecule has 0 aromatic heterocycles. The number of aliphatic carboxylic acids is 1. The van der Waals surface area contributed by atoms with Gasteiger partial charge in [-0.2, -0.15) is 0 Å². The molecule has 1 aliphatic heterocycles. The average Bonchev–Trinajstić information content (AvgIpc) is 2.44. The maximum absolute atomic E-state index is 12.4. The number of carbonyl (C=O) groups is 3. The van der Waals surface area contributed by atoms with Crippen molar-refractivity contribution in [3.8, 4) is 0 Å². The fourth-order valence-electron chi connectivity index (χ4n) is 2.46. The molecule has 1 aliphatic rings. The molecule has 7 heteroatoms. The summed E-state index contributed by atoms with van der Waals surface area (Å²) in [5, 5.41) is 15.7. The van der Waals surface area contributed by atoms with E-state index < -0.39 is 18.0 Å². The van der Waals surface area contributed by atoms with E-state index in [4.69, 9.17) is 0 Å². The molecule has 7 nitrogen and oxygen atoms in total. The van der Waals surface area contributed by atoms with Gasteiger partial charge in [0, 0.05) is 18.9 Å². The van der Waals surface area contributed by atoms with E-state index in [0.717, 1.165) is 0 Å². The van der Waals surface area contributed by atoms with E-state index in [1.165, 1.54) is 4.90 Å². The van der Waals surface area contributed by atoms with Crippen LogP contribution in [0.5, 0.6) is 0 Å². The third kappa shape index (κ3) is 3.19. The van der Waals surface area contributed by atoms with Gasteiger partial charge in [0.1, 0.15) is 6.04 Å². The number of urea groups is 1. The molecule has 3 amide bonds. The first-order chi connectivity index (χ1) is 10.4. The smallest absolute Gasteiger partial charge is 0.322 e. The first kappa shape index (κ1) is 15.8. The molecule has 2 rings (SSSR count). The monoisotopic (exact) mass is 304 g/mol. The summed E-state index contributed by atoms with van der Waals surface area (Å²) in [6.07, 6.45) is -0.278. The van der Waals surface area contributed by atoms with Crippen molar-refractivity contribution in [2.75, 3.05) is 16.8 Å². The van der Waals surface area contributed by atoms with Crippen LogP contribution in [-0.2, 0) is 9.59 Å². The van der Waals surface area contributed by atoms with Gasteiger partial charge in [0.2, 0.25) is 5.91 Å². The maximum Gasteiger partial charge on any atom is 0.322 e. The summed E-state index contributed by atoms with van der Waals surface area (Å²) in [6, 6.07) is 5.84. The predicted octanol–water partition coefficient (Wildman–Crippen LogP) is 0.319. The molecule has 0 spiro atoms. The Labute approximate surface area is 128 Å². The number of carboxylic acids is 1. The Bertz CT molecular complexity index is 600. The van der Waals surface area contributed by atoms with E-state index >= 15 is 0 Å². The largest absolute Gasteiger partial charge is 0.550 e. The van der Waals surface area contributed by atoms with E-state index in [2.05, 4.69) is 10.6 Å². The van der Waals surface area contributed by atoms with Gasteiger partial charge in [-0.25, -0.2) is 4.79 Å². The van der Waals surface area contributed by atoms with Crippen LogP contribution >= 0.6 is 0 Å². The lowest BCUT2D eigenvalue weighted by molar-refractivity contribution is -0.305. The lowest BCUT2D eigenvalue weighted by Crippen LogP contribution is -2.56. The number of para-hydroxylation sites is 2. The number of rotatable bonds is 4. The molecular formula is C15H18N3O4-. The van der Waals surface area contributed by atoms with Crippen molar-refractivity contribution in [2.24, 2.45) is 5.92 Å². The Morgan fingerprint density at radius 2 is 2.05 bits per heavy atom. The second kappa shape index (κ2) is 6.46. The second-order valence-electron chi connectivity index (χ2n) is 5.42. The number of fused-ring (bicyclic) bond motifs is 1. The molecule has 22 heavy (non-hydrogen) atoms. The highest BCUT2D eigenvalue weighted by Crippen LogP contribution is 2.33. The van der Waals surface area contributed by atoms with Gasteiger partial charge in [-0.05, 0) is 18.1 Å². The number of amides is 3. The van der Waals surface area contributed by atoms with Gasteiger partial charge < -0.3 is 20.5 Å². The van der Waals surface area contributed by atoms with Crippen LogP contribution in [-0.4, -0.2) is 30.5 Å². The molecule has 1 atom stereocenters. The Kier molecular flexibility index (Phi) is 4.65. The summed E-state index contributed by atoms with van der Waals surface area (Å²) >= 11 is 0. The molecule has 1 heterocycles. The summed E-state index contributed by atoms with van der Waals surface area (Å²) in [7, 11) is 0. The van der Waals surface area contributed by atoms with Gasteiger partial charge in [-0.15, -0.1) is 0 Å². The first-order valence-electron chi connectivity index (χ1n) is 7.08. The molecular weight excluding hydrogens is 286 g/mol. The maximum atomic E-state index is 12.4. The molecule has 0 saturated heterocycles. The molecule has 1 aromatic carbocycles. The minimum absolute atomic E-state index is 0.0493. The van der Waals surface area contributed by atoms with Gasteiger partial charge in [0.25, 0.3) is 0 Å². The molecule has 0 bridgehead atoms. The van der Waals surface area contributed by atoms with Crippen molar-refractivity contribution < 1.29 is 19.5 Å². The Balaban J connectivity index is 2.28. The van der Waals surface area contributed by atoms with E-state index in [-0.39, 0.29) is 24.8 Å². The number of hydrogen-bond acceptors (Lipinski definition) is 4. The van der Waals surface area contributed by atoms with Crippen molar-refractivity contribution in [2.45, 2.75) is 26.3 Å². The van der Waals surface area contributed by atoms with Crippen molar-refractivity contribution in [3.63, 3.8) is 0 Å². The predicted molar refractivity (Wildman–Crippen MR) is 79.2 cm³/mol. The summed E-state index contributed by atoms with van der Waals surface area (Å²) < 4.78 is 0. The lowest BCUT2D eigenvalue weighted by atomic mass is 9.98. The quantitative estimate of drug-likeness (QED) is 0.836. The van der Waals surface area contributed by atoms with E-state index in [1.54, 1.807) is 24.3 Å². The molecule has 0 radical (unpaired) electrons. The van der Waals surface area contributed by atoms with E-state index in [9.17, 15) is 19.5 Å². The minimum atomic E-state index is -1.24. The van der Waals surface area contributed by atoms with E-state index in [1.807, 2.05) is 13.8 Å². The summed E-state index contributed by atoms with van der Waals surface area (Å²) in [5.74, 6) is -1.60. The third-order valence-electron chi connectivity index (χ3n) is 3.42. The highest BCUT2D eigenvalue weighted by Gasteiger charge is 2.38. The van der Waals surface area contributed by atoms with Crippen LogP contribution in [0.4, 0.5) is 16.2 Å². The lowest BCUT2D eigenvalue weighted by Gasteiger charge is -2.38. The van der Waals surface area contributed by atoms with Crippen molar-refractivity contribution >= 4 is 29.3 Å². The fourth-order valence-corrected chi connectivity index (χ4v) is 2.46. The van der Waals surface area contributed by atoms with Crippen molar-refractivity contribution in [1.29, 1.82) is 0 Å². The van der Waals surface area contributed by atoms with Crippen LogP contribution in [0.15, 0.2) is 24.3 Å². The van der Waals surface area contributed by atoms with Crippen LogP contribution < -0.4 is 20.6 Å². The van der Waals surface area contributed by atoms with Gasteiger partial charge in [-0.1, -0.05) is 26.0 Å².